The van der Waals surface area contributed by atoms with Crippen LogP contribution in [0.2, 0.25) is 0 Å². The molecule has 2 aromatic rings. The van der Waals surface area contributed by atoms with Gasteiger partial charge in [-0.15, -0.1) is 0 Å². The van der Waals surface area contributed by atoms with E-state index in [0.717, 1.165) is 5.56 Å². The quantitative estimate of drug-likeness (QED) is 0.426. The van der Waals surface area contributed by atoms with Gasteiger partial charge in [0.2, 0.25) is 11.3 Å². The van der Waals surface area contributed by atoms with Gasteiger partial charge < -0.3 is 19.5 Å². The van der Waals surface area contributed by atoms with Gasteiger partial charge in [-0.25, -0.2) is 4.39 Å². The van der Waals surface area contributed by atoms with Crippen molar-refractivity contribution in [3.05, 3.63) is 69.9 Å². The summed E-state index contributed by atoms with van der Waals surface area (Å²) in [7, 11) is 5.18. The Morgan fingerprint density at radius 3 is 2.23 bits per heavy atom. The largest absolute Gasteiger partial charge is 0.503 e. The van der Waals surface area contributed by atoms with Crippen LogP contribution in [0.25, 0.3) is 4.91 Å². The molecule has 0 spiro atoms. The van der Waals surface area contributed by atoms with E-state index >= 15 is 0 Å². The number of nitrogens with zero attached hydrogens (tertiary/aromatic N) is 4. The van der Waals surface area contributed by atoms with Crippen LogP contribution in [0.5, 0.6) is 5.75 Å². The minimum atomic E-state index is -0.630. The van der Waals surface area contributed by atoms with Crippen molar-refractivity contribution in [2.24, 2.45) is 10.4 Å². The topological polar surface area (TPSA) is 95.2 Å². The number of halogens is 1. The molecular formula is C29H39FN4O4S. The predicted octanol–water partition coefficient (Wildman–Crippen LogP) is 4.65. The van der Waals surface area contributed by atoms with Gasteiger partial charge in [-0.2, -0.15) is 0 Å². The molecule has 0 saturated carbocycles. The number of aromatic hydroxyl groups is 1. The number of carbonyl (C=O) groups is 2. The highest BCUT2D eigenvalue weighted by molar-refractivity contribution is 8.21. The highest BCUT2D eigenvalue weighted by Gasteiger charge is 2.31. The predicted molar refractivity (Wildman–Crippen MR) is 157 cm³/mol. The standard InChI is InChI=1S/C22H24FN3O3S.C7H15NO/c1-13(2)26-10-9-25-12-17(20(27)21(28)19(25)22(26)29)14(3)30-18(24-4)11-15-5-7-16(23)8-6-15;1-7(2,3)6(9)8(4)5/h5-8,12-13,28H,3,9-11H2,1-2,4H3;1-5H3. The Kier molecular flexibility index (Phi) is 10.7. The lowest BCUT2D eigenvalue weighted by molar-refractivity contribution is -0.136. The van der Waals surface area contributed by atoms with Crippen LogP contribution in [0.4, 0.5) is 4.39 Å². The van der Waals surface area contributed by atoms with Crippen LogP contribution < -0.4 is 5.43 Å². The minimum absolute atomic E-state index is 0.0113. The molecule has 0 unspecified atom stereocenters. The van der Waals surface area contributed by atoms with E-state index in [0.29, 0.717) is 29.5 Å². The summed E-state index contributed by atoms with van der Waals surface area (Å²) in [6.45, 7) is 14.5. The summed E-state index contributed by atoms with van der Waals surface area (Å²) in [5, 5.41) is 11.2. The number of aliphatic imine (C=N–C) groups is 1. The molecule has 0 radical (unpaired) electrons. The fraction of sp³-hybridized carbons (Fsp3) is 0.448. The average molecular weight is 559 g/mol. The number of carbonyl (C=O) groups excluding carboxylic acids is 2. The Morgan fingerprint density at radius 1 is 1.18 bits per heavy atom. The molecule has 0 saturated heterocycles. The van der Waals surface area contributed by atoms with E-state index in [1.807, 2.05) is 34.6 Å². The third-order valence-electron chi connectivity index (χ3n) is 6.03. The molecule has 0 aliphatic carbocycles. The first-order chi connectivity index (χ1) is 18.1. The van der Waals surface area contributed by atoms with Crippen molar-refractivity contribution in [3.8, 4) is 5.75 Å². The number of aromatic nitrogens is 1. The molecule has 212 valence electrons. The highest BCUT2D eigenvalue weighted by atomic mass is 32.2. The molecule has 1 aromatic heterocycles. The van der Waals surface area contributed by atoms with Crippen LogP contribution in [0, 0.1) is 11.2 Å². The number of fused-ring (bicyclic) bond motifs is 1. The molecule has 0 bridgehead atoms. The van der Waals surface area contributed by atoms with Crippen molar-refractivity contribution in [2.45, 2.75) is 53.6 Å². The second-order valence-corrected chi connectivity index (χ2v) is 11.9. The lowest BCUT2D eigenvalue weighted by Crippen LogP contribution is -2.45. The van der Waals surface area contributed by atoms with Crippen LogP contribution in [-0.4, -0.2) is 70.1 Å². The average Bonchev–Trinajstić information content (AvgIpc) is 2.85. The fourth-order valence-electron chi connectivity index (χ4n) is 4.00. The molecule has 0 atom stereocenters. The van der Waals surface area contributed by atoms with Gasteiger partial charge in [0.05, 0.1) is 10.6 Å². The molecule has 1 aromatic carbocycles. The van der Waals surface area contributed by atoms with Crippen molar-refractivity contribution in [1.82, 2.24) is 14.4 Å². The summed E-state index contributed by atoms with van der Waals surface area (Å²) in [6.07, 6.45) is 2.04. The number of pyridine rings is 1. The van der Waals surface area contributed by atoms with E-state index < -0.39 is 11.2 Å². The molecule has 10 heteroatoms. The summed E-state index contributed by atoms with van der Waals surface area (Å²) in [5.74, 6) is -1.06. The van der Waals surface area contributed by atoms with Gasteiger partial charge in [0.15, 0.2) is 11.4 Å². The Bertz CT molecular complexity index is 1310. The van der Waals surface area contributed by atoms with Crippen LogP contribution >= 0.6 is 11.8 Å². The van der Waals surface area contributed by atoms with Crippen molar-refractivity contribution in [3.63, 3.8) is 0 Å². The SMILES string of the molecule is C=C(SC(Cc1ccc(F)cc1)=NC)c1cn2c(c(O)c1=O)C(=O)N(C(C)C)CC2.CN(C)C(=O)C(C)(C)C. The Balaban J connectivity index is 0.000000510. The van der Waals surface area contributed by atoms with E-state index in [9.17, 15) is 23.9 Å². The second kappa shape index (κ2) is 13.1. The zero-order valence-electron chi connectivity index (χ0n) is 24.0. The monoisotopic (exact) mass is 558 g/mol. The third-order valence-corrected chi connectivity index (χ3v) is 7.06. The zero-order valence-corrected chi connectivity index (χ0v) is 24.9. The first-order valence-electron chi connectivity index (χ1n) is 12.6. The maximum atomic E-state index is 13.1. The van der Waals surface area contributed by atoms with Gasteiger partial charge in [-0.1, -0.05) is 51.2 Å². The molecule has 8 nitrogen and oxygen atoms in total. The molecule has 39 heavy (non-hydrogen) atoms. The molecule has 2 amide bonds. The minimum Gasteiger partial charge on any atom is -0.503 e. The maximum absolute atomic E-state index is 13.1. The van der Waals surface area contributed by atoms with Gasteiger partial charge in [0.1, 0.15) is 5.82 Å². The van der Waals surface area contributed by atoms with Gasteiger partial charge in [0, 0.05) is 63.2 Å². The second-order valence-electron chi connectivity index (χ2n) is 10.8. The number of hydrogen-bond acceptors (Lipinski definition) is 6. The van der Waals surface area contributed by atoms with E-state index in [-0.39, 0.29) is 40.3 Å². The van der Waals surface area contributed by atoms with Crippen molar-refractivity contribution < 1.29 is 19.1 Å². The summed E-state index contributed by atoms with van der Waals surface area (Å²) < 4.78 is 14.7. The molecular weight excluding hydrogens is 519 g/mol. The summed E-state index contributed by atoms with van der Waals surface area (Å²) >= 11 is 1.22. The van der Waals surface area contributed by atoms with Crippen LogP contribution in [-0.2, 0) is 17.8 Å². The molecule has 1 aliphatic rings. The zero-order chi connectivity index (χ0) is 29.7. The van der Waals surface area contributed by atoms with Crippen molar-refractivity contribution in [2.75, 3.05) is 27.7 Å². The van der Waals surface area contributed by atoms with Gasteiger partial charge in [-0.05, 0) is 31.5 Å². The first kappa shape index (κ1) is 31.8. The molecule has 0 fully saturated rings. The Hall–Kier alpha value is -3.40. The van der Waals surface area contributed by atoms with Crippen LogP contribution in [0.1, 0.15) is 56.2 Å². The van der Waals surface area contributed by atoms with Crippen LogP contribution in [0.15, 0.2) is 46.8 Å². The Morgan fingerprint density at radius 2 is 1.77 bits per heavy atom. The van der Waals surface area contributed by atoms with E-state index in [2.05, 4.69) is 11.6 Å². The van der Waals surface area contributed by atoms with Crippen molar-refractivity contribution in [1.29, 1.82) is 0 Å². The number of rotatable bonds is 5. The van der Waals surface area contributed by atoms with Gasteiger partial charge >= 0.3 is 0 Å². The van der Waals surface area contributed by atoms with Crippen molar-refractivity contribution >= 4 is 33.5 Å². The molecule has 1 N–H and O–H groups in total. The lowest BCUT2D eigenvalue weighted by atomic mass is 9.95. The number of benzene rings is 1. The first-order valence-corrected chi connectivity index (χ1v) is 13.5. The molecule has 3 rings (SSSR count). The third kappa shape index (κ3) is 8.05. The smallest absolute Gasteiger partial charge is 0.274 e. The molecule has 2 heterocycles. The summed E-state index contributed by atoms with van der Waals surface area (Å²) in [6, 6.07) is 6.09. The van der Waals surface area contributed by atoms with Crippen LogP contribution in [0.3, 0.4) is 0 Å². The summed E-state index contributed by atoms with van der Waals surface area (Å²) in [5.41, 5.74) is 0.255. The van der Waals surface area contributed by atoms with E-state index in [1.165, 1.54) is 23.9 Å². The Labute approximate surface area is 234 Å². The highest BCUT2D eigenvalue weighted by Crippen LogP contribution is 2.30. The summed E-state index contributed by atoms with van der Waals surface area (Å²) in [4.78, 5) is 44.5. The number of amides is 2. The lowest BCUT2D eigenvalue weighted by Gasteiger charge is -2.33. The maximum Gasteiger partial charge on any atom is 0.274 e. The van der Waals surface area contributed by atoms with E-state index in [1.54, 1.807) is 53.8 Å². The molecule has 1 aliphatic heterocycles. The normalized spacial score (nSPS) is 13.5. The fourth-order valence-corrected chi connectivity index (χ4v) is 4.87. The van der Waals surface area contributed by atoms with Gasteiger partial charge in [0.25, 0.3) is 5.91 Å². The van der Waals surface area contributed by atoms with Gasteiger partial charge in [-0.3, -0.25) is 19.4 Å². The van der Waals surface area contributed by atoms with E-state index in [4.69, 9.17) is 0 Å². The number of thioether (sulfide) groups is 1. The number of hydrogen-bond donors (Lipinski definition) is 1.